The van der Waals surface area contributed by atoms with E-state index < -0.39 is 12.0 Å². The summed E-state index contributed by atoms with van der Waals surface area (Å²) in [6.45, 7) is -0.243. The molecular weight excluding hydrogens is 402 g/mol. The summed E-state index contributed by atoms with van der Waals surface area (Å²) in [5.74, 6) is -0.0324. The van der Waals surface area contributed by atoms with Gasteiger partial charge in [0.1, 0.15) is 27.8 Å². The average Bonchev–Trinajstić information content (AvgIpc) is 3.23. The molecule has 0 radical (unpaired) electrons. The monoisotopic (exact) mass is 419 g/mol. The number of anilines is 2. The summed E-state index contributed by atoms with van der Waals surface area (Å²) >= 11 is 7.90. The van der Waals surface area contributed by atoms with E-state index in [4.69, 9.17) is 11.6 Å². The molecule has 3 aromatic rings. The number of hydrogen-bond acceptors (Lipinski definition) is 9. The lowest BCUT2D eigenvalue weighted by molar-refractivity contribution is 0.0781. The Kier molecular flexibility index (Phi) is 5.07. The van der Waals surface area contributed by atoms with E-state index in [0.29, 0.717) is 28.0 Å². The minimum Gasteiger partial charge on any atom is -0.508 e. The molecule has 1 aliphatic carbocycles. The second kappa shape index (κ2) is 7.51. The second-order valence-corrected chi connectivity index (χ2v) is 7.77. The first kappa shape index (κ1) is 18.9. The number of halogens is 1. The molecule has 4 rings (SSSR count). The molecule has 2 atom stereocenters. The molecule has 0 saturated carbocycles. The van der Waals surface area contributed by atoms with Gasteiger partial charge >= 0.3 is 0 Å². The summed E-state index contributed by atoms with van der Waals surface area (Å²) < 4.78 is 0.996. The Bertz CT molecular complexity index is 1040. The Labute approximate surface area is 169 Å². The highest BCUT2D eigenvalue weighted by Gasteiger charge is 2.34. The van der Waals surface area contributed by atoms with Crippen LogP contribution in [0.3, 0.4) is 0 Å². The van der Waals surface area contributed by atoms with E-state index in [-0.39, 0.29) is 23.9 Å². The minimum atomic E-state index is -1.13. The first-order valence-corrected chi connectivity index (χ1v) is 9.80. The van der Waals surface area contributed by atoms with Crippen molar-refractivity contribution in [3.63, 3.8) is 0 Å². The van der Waals surface area contributed by atoms with Gasteiger partial charge in [-0.3, -0.25) is 0 Å². The molecule has 0 spiro atoms. The van der Waals surface area contributed by atoms with Crippen molar-refractivity contribution in [3.05, 3.63) is 40.9 Å². The largest absolute Gasteiger partial charge is 0.508 e. The smallest absolute Gasteiger partial charge is 0.225 e. The van der Waals surface area contributed by atoms with Gasteiger partial charge in [0.15, 0.2) is 0 Å². The predicted octanol–water partition coefficient (Wildman–Crippen LogP) is 3.00. The topological polar surface area (TPSA) is 123 Å². The highest BCUT2D eigenvalue weighted by atomic mass is 35.5. The lowest BCUT2D eigenvalue weighted by Gasteiger charge is -2.13. The van der Waals surface area contributed by atoms with Crippen LogP contribution in [0.2, 0.25) is 5.15 Å². The number of rotatable bonds is 5. The molecule has 1 aromatic carbocycles. The van der Waals surface area contributed by atoms with Crippen molar-refractivity contribution in [1.82, 2.24) is 15.0 Å². The van der Waals surface area contributed by atoms with Crippen LogP contribution in [0, 0.1) is 5.92 Å². The first-order valence-electron chi connectivity index (χ1n) is 8.61. The van der Waals surface area contributed by atoms with Crippen molar-refractivity contribution in [3.8, 4) is 10.6 Å². The number of allylic oxidation sites excluding steroid dienone is 1. The number of thiazole rings is 1. The summed E-state index contributed by atoms with van der Waals surface area (Å²) in [5, 5.41) is 36.4. The van der Waals surface area contributed by atoms with Crippen molar-refractivity contribution >= 4 is 44.9 Å². The number of benzene rings is 1. The zero-order valence-corrected chi connectivity index (χ0v) is 16.4. The molecule has 2 aromatic heterocycles. The second-order valence-electron chi connectivity index (χ2n) is 6.38. The van der Waals surface area contributed by atoms with Crippen LogP contribution in [0.1, 0.15) is 6.42 Å². The third-order valence-corrected chi connectivity index (χ3v) is 5.93. The quantitative estimate of drug-likeness (QED) is 0.400. The minimum absolute atomic E-state index is 0.207. The molecule has 8 nitrogen and oxygen atoms in total. The molecule has 0 amide bonds. The van der Waals surface area contributed by atoms with Crippen LogP contribution in [0.4, 0.5) is 11.8 Å². The molecule has 2 heterocycles. The number of aromatic nitrogens is 3. The molecule has 0 bridgehead atoms. The first-order chi connectivity index (χ1) is 13.5. The molecule has 1 aliphatic rings. The highest BCUT2D eigenvalue weighted by molar-refractivity contribution is 7.21. The van der Waals surface area contributed by atoms with Crippen LogP contribution in [-0.4, -0.2) is 50.0 Å². The van der Waals surface area contributed by atoms with Gasteiger partial charge in [-0.25, -0.2) is 9.97 Å². The van der Waals surface area contributed by atoms with Gasteiger partial charge in [-0.05, 0) is 18.6 Å². The Morgan fingerprint density at radius 3 is 2.71 bits per heavy atom. The van der Waals surface area contributed by atoms with Gasteiger partial charge in [0, 0.05) is 19.6 Å². The SMILES string of the molecule is CNc1nc(Cl)c(-c2nc3ccccc3s2)c(NC2=C(O)[C@H](O)[C@@H](CO)C2)n1. The van der Waals surface area contributed by atoms with Crippen molar-refractivity contribution in [2.45, 2.75) is 12.5 Å². The molecule has 5 N–H and O–H groups in total. The zero-order valence-electron chi connectivity index (χ0n) is 14.8. The maximum atomic E-state index is 10.2. The maximum absolute atomic E-state index is 10.2. The van der Waals surface area contributed by atoms with Crippen molar-refractivity contribution < 1.29 is 15.3 Å². The van der Waals surface area contributed by atoms with E-state index in [9.17, 15) is 15.3 Å². The Hall–Kier alpha value is -2.46. The van der Waals surface area contributed by atoms with E-state index in [2.05, 4.69) is 25.6 Å². The molecule has 0 unspecified atom stereocenters. The molecule has 28 heavy (non-hydrogen) atoms. The van der Waals surface area contributed by atoms with Crippen molar-refractivity contribution in [2.24, 2.45) is 5.92 Å². The summed E-state index contributed by atoms with van der Waals surface area (Å²) in [5.41, 5.74) is 1.72. The standard InChI is InChI=1S/C18H18ClN5O3S/c1-20-18-23-15(19)12(17-22-9-4-2-3-5-11(9)28-17)16(24-18)21-10-6-8(7-25)13(26)14(10)27/h2-5,8,13,25-27H,6-7H2,1H3,(H2,20,21,23,24)/t8-,13-/m1/s1. The van der Waals surface area contributed by atoms with Gasteiger partial charge in [0.05, 0.1) is 21.5 Å². The third kappa shape index (κ3) is 3.26. The van der Waals surface area contributed by atoms with Crippen LogP contribution >= 0.6 is 22.9 Å². The van der Waals surface area contributed by atoms with Gasteiger partial charge in [-0.15, -0.1) is 11.3 Å². The zero-order chi connectivity index (χ0) is 19.8. The van der Waals surface area contributed by atoms with E-state index in [0.717, 1.165) is 10.2 Å². The maximum Gasteiger partial charge on any atom is 0.225 e. The highest BCUT2D eigenvalue weighted by Crippen LogP contribution is 2.40. The summed E-state index contributed by atoms with van der Waals surface area (Å²) in [6, 6.07) is 7.72. The number of nitrogens with zero attached hydrogens (tertiary/aromatic N) is 3. The fourth-order valence-corrected chi connectivity index (χ4v) is 4.43. The molecule has 146 valence electrons. The van der Waals surface area contributed by atoms with Gasteiger partial charge in [-0.1, -0.05) is 23.7 Å². The lowest BCUT2D eigenvalue weighted by Crippen LogP contribution is -2.20. The van der Waals surface area contributed by atoms with Gasteiger partial charge in [0.2, 0.25) is 5.95 Å². The van der Waals surface area contributed by atoms with Gasteiger partial charge in [-0.2, -0.15) is 4.98 Å². The van der Waals surface area contributed by atoms with Gasteiger partial charge < -0.3 is 26.0 Å². The number of nitrogens with one attached hydrogen (secondary N) is 2. The molecule has 0 aliphatic heterocycles. The van der Waals surface area contributed by atoms with Crippen molar-refractivity contribution in [1.29, 1.82) is 0 Å². The molecular formula is C18H18ClN5O3S. The Morgan fingerprint density at radius 1 is 1.25 bits per heavy atom. The van der Waals surface area contributed by atoms with E-state index >= 15 is 0 Å². The van der Waals surface area contributed by atoms with Crippen LogP contribution in [0.15, 0.2) is 35.7 Å². The number of hydrogen-bond donors (Lipinski definition) is 5. The average molecular weight is 420 g/mol. The molecule has 0 saturated heterocycles. The number of aliphatic hydroxyl groups excluding tert-OH is 3. The number of para-hydroxylation sites is 1. The van der Waals surface area contributed by atoms with Crippen LogP contribution in [0.25, 0.3) is 20.8 Å². The van der Waals surface area contributed by atoms with Crippen LogP contribution in [-0.2, 0) is 0 Å². The lowest BCUT2D eigenvalue weighted by atomic mass is 10.1. The fourth-order valence-electron chi connectivity index (χ4n) is 3.11. The van der Waals surface area contributed by atoms with E-state index in [1.165, 1.54) is 11.3 Å². The van der Waals surface area contributed by atoms with Crippen LogP contribution in [0.5, 0.6) is 0 Å². The van der Waals surface area contributed by atoms with Crippen LogP contribution < -0.4 is 10.6 Å². The predicted molar refractivity (Wildman–Crippen MR) is 110 cm³/mol. The van der Waals surface area contributed by atoms with E-state index in [1.54, 1.807) is 7.05 Å². The Balaban J connectivity index is 1.81. The number of aliphatic hydroxyl groups is 3. The summed E-state index contributed by atoms with van der Waals surface area (Å²) in [4.78, 5) is 13.3. The summed E-state index contributed by atoms with van der Waals surface area (Å²) in [6.07, 6.45) is -0.848. The molecule has 0 fully saturated rings. The Morgan fingerprint density at radius 2 is 2.04 bits per heavy atom. The fraction of sp³-hybridized carbons (Fsp3) is 0.278. The van der Waals surface area contributed by atoms with Crippen molar-refractivity contribution in [2.75, 3.05) is 24.3 Å². The number of fused-ring (bicyclic) bond motifs is 1. The molecule has 10 heteroatoms. The third-order valence-electron chi connectivity index (χ3n) is 4.60. The van der Waals surface area contributed by atoms with E-state index in [1.807, 2.05) is 24.3 Å². The summed E-state index contributed by atoms with van der Waals surface area (Å²) in [7, 11) is 1.67. The van der Waals surface area contributed by atoms with Gasteiger partial charge in [0.25, 0.3) is 0 Å². The normalized spacial score (nSPS) is 19.4.